The summed E-state index contributed by atoms with van der Waals surface area (Å²) in [7, 11) is -3.78. The lowest BCUT2D eigenvalue weighted by atomic mass is 10.1. The molecular weight excluding hydrogens is 462 g/mol. The van der Waals surface area contributed by atoms with Gasteiger partial charge in [0.05, 0.1) is 42.1 Å². The number of sulfonamides is 1. The van der Waals surface area contributed by atoms with Crippen molar-refractivity contribution in [2.75, 3.05) is 38.2 Å². The molecule has 1 aliphatic rings. The van der Waals surface area contributed by atoms with Crippen LogP contribution in [0.4, 0.5) is 5.69 Å². The number of amides is 1. The Morgan fingerprint density at radius 1 is 1.21 bits per heavy atom. The Balaban J connectivity index is 1.96. The molecule has 10 nitrogen and oxygen atoms in total. The average Bonchev–Trinajstić information content (AvgIpc) is 3.09. The van der Waals surface area contributed by atoms with E-state index < -0.39 is 21.9 Å². The monoisotopic (exact) mass is 493 g/mol. The van der Waals surface area contributed by atoms with Gasteiger partial charge in [0.1, 0.15) is 11.4 Å². The number of ether oxygens (including phenoxy) is 3. The van der Waals surface area contributed by atoms with Crippen LogP contribution in [0.25, 0.3) is 0 Å². The molecule has 1 aromatic carbocycles. The molecule has 0 spiro atoms. The molecule has 34 heavy (non-hydrogen) atoms. The van der Waals surface area contributed by atoms with Gasteiger partial charge in [0.15, 0.2) is 0 Å². The molecule has 1 aromatic heterocycles. The number of anilines is 1. The van der Waals surface area contributed by atoms with E-state index in [1.165, 1.54) is 22.5 Å². The third-order valence-corrected chi connectivity index (χ3v) is 7.21. The smallest absolute Gasteiger partial charge is 0.340 e. The zero-order chi connectivity index (χ0) is 25.0. The zero-order valence-corrected chi connectivity index (χ0v) is 20.9. The first kappa shape index (κ1) is 25.7. The maximum Gasteiger partial charge on any atom is 0.340 e. The van der Waals surface area contributed by atoms with Crippen LogP contribution < -0.4 is 10.1 Å². The summed E-state index contributed by atoms with van der Waals surface area (Å²) in [5.74, 6) is -0.725. The van der Waals surface area contributed by atoms with Gasteiger partial charge in [-0.05, 0) is 58.4 Å². The number of hydrogen-bond acceptors (Lipinski definition) is 7. The molecule has 0 bridgehead atoms. The van der Waals surface area contributed by atoms with Gasteiger partial charge in [-0.3, -0.25) is 4.79 Å². The molecule has 0 atom stereocenters. The van der Waals surface area contributed by atoms with Gasteiger partial charge < -0.3 is 24.5 Å². The Morgan fingerprint density at radius 3 is 2.50 bits per heavy atom. The fourth-order valence-electron chi connectivity index (χ4n) is 3.73. The fourth-order valence-corrected chi connectivity index (χ4v) is 5.17. The van der Waals surface area contributed by atoms with Crippen molar-refractivity contribution in [3.8, 4) is 5.75 Å². The van der Waals surface area contributed by atoms with Crippen LogP contribution in [0.3, 0.4) is 0 Å². The zero-order valence-electron chi connectivity index (χ0n) is 20.1. The van der Waals surface area contributed by atoms with Crippen LogP contribution in [-0.2, 0) is 19.5 Å². The van der Waals surface area contributed by atoms with Gasteiger partial charge in [-0.25, -0.2) is 13.2 Å². The largest absolute Gasteiger partial charge is 0.489 e. The summed E-state index contributed by atoms with van der Waals surface area (Å²) >= 11 is 0. The number of nitrogens with one attached hydrogen (secondary N) is 2. The maximum absolute atomic E-state index is 13.2. The summed E-state index contributed by atoms with van der Waals surface area (Å²) in [4.78, 5) is 28.4. The lowest BCUT2D eigenvalue weighted by Crippen LogP contribution is -2.40. The molecule has 0 unspecified atom stereocenters. The van der Waals surface area contributed by atoms with Crippen molar-refractivity contribution < 1.29 is 32.2 Å². The molecule has 3 rings (SSSR count). The van der Waals surface area contributed by atoms with Crippen molar-refractivity contribution in [2.45, 2.75) is 45.6 Å². The average molecular weight is 494 g/mol. The Hall–Kier alpha value is -2.89. The van der Waals surface area contributed by atoms with E-state index in [4.69, 9.17) is 14.2 Å². The summed E-state index contributed by atoms with van der Waals surface area (Å²) in [6.45, 7) is 10.1. The molecule has 2 heterocycles. The number of H-pyrrole nitrogens is 1. The summed E-state index contributed by atoms with van der Waals surface area (Å²) in [6.07, 6.45) is -0.206. The molecule has 2 aromatic rings. The van der Waals surface area contributed by atoms with E-state index in [1.807, 2.05) is 13.8 Å². The van der Waals surface area contributed by atoms with E-state index in [0.717, 1.165) is 0 Å². The van der Waals surface area contributed by atoms with Crippen LogP contribution in [0.2, 0.25) is 0 Å². The number of hydrogen-bond donors (Lipinski definition) is 2. The number of morpholine rings is 1. The Morgan fingerprint density at radius 2 is 1.88 bits per heavy atom. The number of carbonyl (C=O) groups excluding carboxylic acids is 2. The molecule has 1 amide bonds. The number of carbonyl (C=O) groups is 2. The van der Waals surface area contributed by atoms with Crippen LogP contribution in [0.1, 0.15) is 52.9 Å². The van der Waals surface area contributed by atoms with Gasteiger partial charge in [-0.1, -0.05) is 0 Å². The van der Waals surface area contributed by atoms with Crippen molar-refractivity contribution >= 4 is 27.6 Å². The van der Waals surface area contributed by atoms with Crippen LogP contribution in [0.15, 0.2) is 23.1 Å². The first-order valence-electron chi connectivity index (χ1n) is 11.1. The maximum atomic E-state index is 13.2. The molecule has 1 aliphatic heterocycles. The van der Waals surface area contributed by atoms with Crippen molar-refractivity contribution in [1.82, 2.24) is 9.29 Å². The van der Waals surface area contributed by atoms with Gasteiger partial charge in [0.2, 0.25) is 10.0 Å². The van der Waals surface area contributed by atoms with Gasteiger partial charge in [-0.2, -0.15) is 4.31 Å². The molecule has 11 heteroatoms. The molecule has 1 saturated heterocycles. The minimum absolute atomic E-state index is 0.0346. The van der Waals surface area contributed by atoms with E-state index in [9.17, 15) is 18.0 Å². The second kappa shape index (κ2) is 10.6. The predicted octanol–water partition coefficient (Wildman–Crippen LogP) is 2.87. The molecule has 2 N–H and O–H groups in total. The van der Waals surface area contributed by atoms with Crippen LogP contribution >= 0.6 is 0 Å². The highest BCUT2D eigenvalue weighted by Gasteiger charge is 2.28. The van der Waals surface area contributed by atoms with E-state index in [2.05, 4.69) is 10.3 Å². The number of esters is 1. The Bertz CT molecular complexity index is 1170. The van der Waals surface area contributed by atoms with Crippen LogP contribution in [0, 0.1) is 13.8 Å². The quantitative estimate of drug-likeness (QED) is 0.541. The summed E-state index contributed by atoms with van der Waals surface area (Å²) in [5, 5.41) is 2.74. The second-order valence-corrected chi connectivity index (χ2v) is 10.1. The minimum atomic E-state index is -3.78. The van der Waals surface area contributed by atoms with Crippen LogP contribution in [0.5, 0.6) is 5.75 Å². The number of aryl methyl sites for hydroxylation is 1. The fraction of sp³-hybridized carbons (Fsp3) is 0.478. The third kappa shape index (κ3) is 5.43. The lowest BCUT2D eigenvalue weighted by Gasteiger charge is -2.26. The minimum Gasteiger partial charge on any atom is -0.489 e. The second-order valence-electron chi connectivity index (χ2n) is 8.14. The number of nitrogens with zero attached hydrogens (tertiary/aromatic N) is 1. The number of benzene rings is 1. The highest BCUT2D eigenvalue weighted by Crippen LogP contribution is 2.31. The van der Waals surface area contributed by atoms with Crippen molar-refractivity contribution in [3.63, 3.8) is 0 Å². The Labute approximate surface area is 199 Å². The van der Waals surface area contributed by atoms with E-state index >= 15 is 0 Å². The van der Waals surface area contributed by atoms with Crippen molar-refractivity contribution in [1.29, 1.82) is 0 Å². The van der Waals surface area contributed by atoms with Crippen molar-refractivity contribution in [2.24, 2.45) is 0 Å². The first-order chi connectivity index (χ1) is 16.1. The highest BCUT2D eigenvalue weighted by molar-refractivity contribution is 7.89. The SMILES string of the molecule is CCOC(=O)c1c(C)[nH]c(C(=O)Nc2cc(S(=O)(=O)N3CCOCC3)ccc2OC(C)C)c1C. The molecule has 0 radical (unpaired) electrons. The van der Waals surface area contributed by atoms with Crippen LogP contribution in [-0.4, -0.2) is 68.6 Å². The molecule has 186 valence electrons. The summed E-state index contributed by atoms with van der Waals surface area (Å²) in [6, 6.07) is 4.37. The molecular formula is C23H31N3O7S. The third-order valence-electron chi connectivity index (χ3n) is 5.31. The topological polar surface area (TPSA) is 127 Å². The standard InChI is InChI=1S/C23H31N3O7S/c1-6-32-23(28)20-15(4)21(24-16(20)5)22(27)25-18-13-17(7-8-19(18)33-14(2)3)34(29,30)26-9-11-31-12-10-26/h7-8,13-14,24H,6,9-12H2,1-5H3,(H,25,27). The molecule has 0 aliphatic carbocycles. The van der Waals surface area contributed by atoms with E-state index in [-0.39, 0.29) is 42.1 Å². The first-order valence-corrected chi connectivity index (χ1v) is 12.6. The molecule has 0 saturated carbocycles. The highest BCUT2D eigenvalue weighted by atomic mass is 32.2. The predicted molar refractivity (Wildman–Crippen MR) is 126 cm³/mol. The van der Waals surface area contributed by atoms with Gasteiger partial charge in [0.25, 0.3) is 5.91 Å². The molecule has 1 fully saturated rings. The Kier molecular flexibility index (Phi) is 8.01. The van der Waals surface area contributed by atoms with E-state index in [1.54, 1.807) is 20.8 Å². The number of rotatable bonds is 8. The lowest BCUT2D eigenvalue weighted by molar-refractivity contribution is 0.0525. The van der Waals surface area contributed by atoms with Gasteiger partial charge in [-0.15, -0.1) is 0 Å². The normalized spacial score (nSPS) is 14.8. The van der Waals surface area contributed by atoms with E-state index in [0.29, 0.717) is 35.8 Å². The number of aromatic amines is 1. The summed E-state index contributed by atoms with van der Waals surface area (Å²) < 4.78 is 43.7. The van der Waals surface area contributed by atoms with Gasteiger partial charge >= 0.3 is 5.97 Å². The summed E-state index contributed by atoms with van der Waals surface area (Å²) in [5.41, 5.74) is 1.63. The van der Waals surface area contributed by atoms with Gasteiger partial charge in [0, 0.05) is 18.8 Å². The van der Waals surface area contributed by atoms with Crippen molar-refractivity contribution in [3.05, 3.63) is 40.7 Å². The number of aromatic nitrogens is 1.